The van der Waals surface area contributed by atoms with Gasteiger partial charge in [-0.1, -0.05) is 27.5 Å². The largest absolute Gasteiger partial charge is 0.618 e. The lowest BCUT2D eigenvalue weighted by molar-refractivity contribution is -0.548. The summed E-state index contributed by atoms with van der Waals surface area (Å²) in [6, 6.07) is 10.5. The highest BCUT2D eigenvalue weighted by molar-refractivity contribution is 9.10. The van der Waals surface area contributed by atoms with Crippen LogP contribution in [0.1, 0.15) is 0 Å². The third-order valence-electron chi connectivity index (χ3n) is 2.55. The maximum absolute atomic E-state index is 12.2. The van der Waals surface area contributed by atoms with Crippen LogP contribution in [0.3, 0.4) is 0 Å². The smallest absolute Gasteiger partial charge is 0.244 e. The van der Waals surface area contributed by atoms with Crippen LogP contribution < -0.4 is 4.73 Å². The lowest BCUT2D eigenvalue weighted by Gasteiger charge is -2.05. The topological polar surface area (TPSA) is 39.8 Å². The number of hydrogen-bond donors (Lipinski definition) is 0. The average molecular weight is 310 g/mol. The van der Waals surface area contributed by atoms with Gasteiger partial charge in [-0.25, -0.2) is 4.98 Å². The first-order chi connectivity index (χ1) is 8.15. The summed E-state index contributed by atoms with van der Waals surface area (Å²) >= 11 is 9.23. The molecule has 1 heterocycles. The highest BCUT2D eigenvalue weighted by Crippen LogP contribution is 2.20. The third kappa shape index (κ3) is 1.73. The van der Waals surface area contributed by atoms with Gasteiger partial charge in [0.15, 0.2) is 0 Å². The number of benzene rings is 2. The Kier molecular flexibility index (Phi) is 2.42. The Morgan fingerprint density at radius 2 is 1.88 bits per heavy atom. The van der Waals surface area contributed by atoms with Crippen LogP contribution in [0.4, 0.5) is 0 Å². The van der Waals surface area contributed by atoms with E-state index in [1.807, 2.05) is 6.07 Å². The van der Waals surface area contributed by atoms with Gasteiger partial charge in [0, 0.05) is 21.6 Å². The summed E-state index contributed by atoms with van der Waals surface area (Å²) in [5.41, 5.74) is 2.30. The van der Waals surface area contributed by atoms with Gasteiger partial charge in [0.1, 0.15) is 11.0 Å². The molecule has 0 amide bonds. The van der Waals surface area contributed by atoms with Crippen molar-refractivity contribution in [1.82, 2.24) is 4.98 Å². The summed E-state index contributed by atoms with van der Waals surface area (Å²) in [7, 11) is 0. The summed E-state index contributed by atoms with van der Waals surface area (Å²) < 4.78 is 1.73. The molecule has 0 saturated carbocycles. The second kappa shape index (κ2) is 3.82. The fraction of sp³-hybridized carbons (Fsp3) is 0. The molecule has 0 aliphatic rings. The molecule has 0 fully saturated rings. The normalized spacial score (nSPS) is 11.2. The zero-order valence-electron chi connectivity index (χ0n) is 8.52. The Hall–Kier alpha value is -1.39. The quantitative estimate of drug-likeness (QED) is 0.362. The first kappa shape index (κ1) is 10.7. The first-order valence-electron chi connectivity index (χ1n) is 4.93. The van der Waals surface area contributed by atoms with E-state index in [9.17, 15) is 5.21 Å². The van der Waals surface area contributed by atoms with Crippen LogP contribution in [0.5, 0.6) is 0 Å². The van der Waals surface area contributed by atoms with E-state index < -0.39 is 0 Å². The van der Waals surface area contributed by atoms with Gasteiger partial charge >= 0.3 is 0 Å². The van der Waals surface area contributed by atoms with Gasteiger partial charge in [-0.2, -0.15) is 4.73 Å². The van der Waals surface area contributed by atoms with Crippen molar-refractivity contribution < 1.29 is 4.73 Å². The molecule has 3 rings (SSSR count). The van der Waals surface area contributed by atoms with E-state index in [0.717, 1.165) is 9.20 Å². The fourth-order valence-electron chi connectivity index (χ4n) is 1.77. The molecular weight excluding hydrogens is 304 g/mol. The number of aromatic nitrogens is 2. The van der Waals surface area contributed by atoms with E-state index in [-0.39, 0.29) is 0 Å². The van der Waals surface area contributed by atoms with E-state index in [2.05, 4.69) is 20.9 Å². The summed E-state index contributed by atoms with van der Waals surface area (Å²) in [6.45, 7) is 0. The molecule has 0 spiro atoms. The molecule has 17 heavy (non-hydrogen) atoms. The zero-order valence-corrected chi connectivity index (χ0v) is 10.9. The maximum atomic E-state index is 12.2. The number of fused-ring (bicyclic) bond motifs is 2. The predicted octanol–water partition coefficient (Wildman–Crippen LogP) is 3.44. The molecular formula is C12H6BrClN2O. The Morgan fingerprint density at radius 1 is 1.06 bits per heavy atom. The second-order valence-corrected chi connectivity index (χ2v) is 5.02. The van der Waals surface area contributed by atoms with Crippen molar-refractivity contribution in [3.8, 4) is 0 Å². The molecule has 3 nitrogen and oxygen atoms in total. The highest BCUT2D eigenvalue weighted by Gasteiger charge is 2.12. The van der Waals surface area contributed by atoms with Crippen molar-refractivity contribution in [1.29, 1.82) is 0 Å². The monoisotopic (exact) mass is 308 g/mol. The van der Waals surface area contributed by atoms with Crippen LogP contribution in [0.15, 0.2) is 40.9 Å². The minimum atomic E-state index is 0.514. The predicted molar refractivity (Wildman–Crippen MR) is 70.9 cm³/mol. The molecule has 0 radical (unpaired) electrons. The van der Waals surface area contributed by atoms with Crippen LogP contribution in [0.25, 0.3) is 22.1 Å². The second-order valence-electron chi connectivity index (χ2n) is 3.67. The van der Waals surface area contributed by atoms with Gasteiger partial charge in [0.25, 0.3) is 0 Å². The van der Waals surface area contributed by atoms with Crippen molar-refractivity contribution in [2.75, 3.05) is 0 Å². The Balaban J connectivity index is 2.52. The van der Waals surface area contributed by atoms with Crippen LogP contribution in [-0.2, 0) is 0 Å². The highest BCUT2D eigenvalue weighted by atomic mass is 79.9. The molecule has 0 bridgehead atoms. The lowest BCUT2D eigenvalue weighted by atomic mass is 10.2. The first-order valence-corrected chi connectivity index (χ1v) is 6.10. The zero-order chi connectivity index (χ0) is 12.0. The van der Waals surface area contributed by atoms with Crippen LogP contribution in [0.2, 0.25) is 5.02 Å². The van der Waals surface area contributed by atoms with Crippen molar-refractivity contribution in [3.63, 3.8) is 0 Å². The van der Waals surface area contributed by atoms with Crippen molar-refractivity contribution >= 4 is 49.6 Å². The van der Waals surface area contributed by atoms with E-state index in [4.69, 9.17) is 11.6 Å². The average Bonchev–Trinajstić information content (AvgIpc) is 2.30. The van der Waals surface area contributed by atoms with Gasteiger partial charge < -0.3 is 5.21 Å². The van der Waals surface area contributed by atoms with Crippen molar-refractivity contribution in [3.05, 3.63) is 51.1 Å². The molecule has 3 aromatic rings. The fourth-order valence-corrected chi connectivity index (χ4v) is 2.29. The van der Waals surface area contributed by atoms with Crippen LogP contribution in [-0.4, -0.2) is 4.98 Å². The Labute approximate surface area is 110 Å². The van der Waals surface area contributed by atoms with Gasteiger partial charge in [-0.15, -0.1) is 0 Å². The number of halogens is 2. The molecule has 0 aliphatic heterocycles. The maximum Gasteiger partial charge on any atom is 0.244 e. The van der Waals surface area contributed by atoms with Gasteiger partial charge in [-0.3, -0.25) is 0 Å². The summed E-state index contributed by atoms with van der Waals surface area (Å²) in [5, 5.41) is 12.7. The van der Waals surface area contributed by atoms with Gasteiger partial charge in [-0.05, 0) is 24.3 Å². The summed E-state index contributed by atoms with van der Waals surface area (Å²) in [6.07, 6.45) is 0. The van der Waals surface area contributed by atoms with Crippen molar-refractivity contribution in [2.24, 2.45) is 0 Å². The number of rotatable bonds is 0. The molecule has 84 valence electrons. The van der Waals surface area contributed by atoms with E-state index >= 15 is 0 Å². The minimum absolute atomic E-state index is 0.514. The molecule has 5 heteroatoms. The number of hydrogen-bond acceptors (Lipinski definition) is 2. The Bertz CT molecular complexity index is 745. The SMILES string of the molecule is [O-][n+]1c2ccc(Cl)cc2nc2ccc(Br)cc21. The Morgan fingerprint density at radius 3 is 2.71 bits per heavy atom. The third-order valence-corrected chi connectivity index (χ3v) is 3.28. The molecule has 0 aliphatic carbocycles. The molecule has 0 atom stereocenters. The van der Waals surface area contributed by atoms with E-state index in [1.165, 1.54) is 0 Å². The van der Waals surface area contributed by atoms with Gasteiger partial charge in [0.05, 0.1) is 0 Å². The van der Waals surface area contributed by atoms with Crippen LogP contribution in [0, 0.1) is 5.21 Å². The van der Waals surface area contributed by atoms with Gasteiger partial charge in [0.2, 0.25) is 11.0 Å². The summed E-state index contributed by atoms with van der Waals surface area (Å²) in [5.74, 6) is 0. The number of nitrogens with zero attached hydrogens (tertiary/aromatic N) is 2. The van der Waals surface area contributed by atoms with Crippen LogP contribution >= 0.6 is 27.5 Å². The molecule has 2 aromatic carbocycles. The summed E-state index contributed by atoms with van der Waals surface area (Å²) in [4.78, 5) is 4.41. The lowest BCUT2D eigenvalue weighted by Crippen LogP contribution is -2.28. The standard InChI is InChI=1S/C12H6BrClN2O/c13-7-1-3-9-12(5-7)16(17)11-4-2-8(14)6-10(11)15-9/h1-6H. The molecule has 1 aromatic heterocycles. The van der Waals surface area contributed by atoms with Crippen molar-refractivity contribution in [2.45, 2.75) is 0 Å². The molecule has 0 unspecified atom stereocenters. The van der Waals surface area contributed by atoms with E-state index in [1.54, 1.807) is 30.3 Å². The minimum Gasteiger partial charge on any atom is -0.618 e. The molecule has 0 saturated heterocycles. The van der Waals surface area contributed by atoms with E-state index in [0.29, 0.717) is 27.1 Å². The molecule has 0 N–H and O–H groups in total.